The van der Waals surface area contributed by atoms with E-state index in [0.717, 1.165) is 24.2 Å². The van der Waals surface area contributed by atoms with Gasteiger partial charge in [0.05, 0.1) is 24.4 Å². The Morgan fingerprint density at radius 1 is 0.679 bits per heavy atom. The third kappa shape index (κ3) is 26.2. The Morgan fingerprint density at radius 3 is 1.81 bits per heavy atom. The smallest absolute Gasteiger partial charge is 0.253 e. The number of hydrogen-bond acceptors (Lipinski definition) is 8. The summed E-state index contributed by atoms with van der Waals surface area (Å²) in [5.41, 5.74) is 4.51. The minimum atomic E-state index is -0.700. The summed E-state index contributed by atoms with van der Waals surface area (Å²) in [4.78, 5) is 72.9. The lowest BCUT2D eigenvalue weighted by atomic mass is 10.0. The number of carbonyl (C=O) groups excluding carboxylic acids is 6. The van der Waals surface area contributed by atoms with Crippen LogP contribution in [0.5, 0.6) is 0 Å². The van der Waals surface area contributed by atoms with Gasteiger partial charge >= 0.3 is 0 Å². The minimum Gasteiger partial charge on any atom is -0.375 e. The predicted molar refractivity (Wildman–Crippen MR) is 209 cm³/mol. The van der Waals surface area contributed by atoms with Gasteiger partial charge in [-0.05, 0) is 66.2 Å². The van der Waals surface area contributed by atoms with Crippen LogP contribution in [0.1, 0.15) is 158 Å². The van der Waals surface area contributed by atoms with Gasteiger partial charge in [-0.15, -0.1) is 0 Å². The van der Waals surface area contributed by atoms with E-state index in [1.54, 1.807) is 0 Å². The number of hydrogen-bond donors (Lipinski definition) is 4. The molecule has 0 saturated heterocycles. The first kappa shape index (κ1) is 49.7. The van der Waals surface area contributed by atoms with Crippen molar-refractivity contribution in [2.75, 3.05) is 32.8 Å². The van der Waals surface area contributed by atoms with E-state index >= 15 is 0 Å². The molecule has 1 heterocycles. The molecule has 0 spiro atoms. The fraction of sp³-hybridized carbons (Fsp3) is 0.800. The zero-order chi connectivity index (χ0) is 40.1. The lowest BCUT2D eigenvalue weighted by Crippen LogP contribution is -2.44. The van der Waals surface area contributed by atoms with E-state index in [0.29, 0.717) is 58.2 Å². The Labute approximate surface area is 319 Å². The standard InChI is InChI=1S/C38H67N5O8.C2H6/c1-6-7-8-9-10-11-12-13-14-18-33(46)42-30(36(39)49)17-15-16-25-40-32(45)22-28-50-38(4,5)24-29-51-37(2,3)23-26-41-31(44)21-27-43-34(47)19-20-35(43)48;1-2/h19-20,30H,6-18,21-29H2,1-5H3,(H2,39,49)(H,40,45)(H,41,44)(H,42,46);1-2H3. The van der Waals surface area contributed by atoms with Crippen molar-refractivity contribution in [3.63, 3.8) is 0 Å². The van der Waals surface area contributed by atoms with Crippen LogP contribution in [0.15, 0.2) is 12.2 Å². The summed E-state index contributed by atoms with van der Waals surface area (Å²) >= 11 is 0. The van der Waals surface area contributed by atoms with E-state index in [4.69, 9.17) is 15.2 Å². The number of nitrogens with zero attached hydrogens (tertiary/aromatic N) is 1. The minimum absolute atomic E-state index is 0.0435. The second-order valence-electron chi connectivity index (χ2n) is 14.7. The molecule has 1 atom stereocenters. The topological polar surface area (TPSA) is 186 Å². The molecule has 0 saturated carbocycles. The SMILES string of the molecule is CC.CCCCCCCCCCCC(=O)NC(CCCCNC(=O)CCOC(C)(C)CCOC(C)(C)CCNC(=O)CCN1C(=O)C=CC1=O)C(N)=O. The van der Waals surface area contributed by atoms with Gasteiger partial charge in [-0.1, -0.05) is 72.1 Å². The van der Waals surface area contributed by atoms with Crippen molar-refractivity contribution in [2.45, 2.75) is 175 Å². The lowest BCUT2D eigenvalue weighted by molar-refractivity contribution is -0.137. The Morgan fingerprint density at radius 2 is 1.21 bits per heavy atom. The van der Waals surface area contributed by atoms with E-state index in [2.05, 4.69) is 22.9 Å². The first-order valence-corrected chi connectivity index (χ1v) is 20.1. The van der Waals surface area contributed by atoms with Crippen molar-refractivity contribution in [3.8, 4) is 0 Å². The van der Waals surface area contributed by atoms with Crippen molar-refractivity contribution >= 4 is 35.4 Å². The highest BCUT2D eigenvalue weighted by atomic mass is 16.5. The molecule has 53 heavy (non-hydrogen) atoms. The van der Waals surface area contributed by atoms with Crippen LogP contribution in [-0.4, -0.2) is 90.4 Å². The Bertz CT molecular complexity index is 1110. The molecule has 1 rings (SSSR count). The van der Waals surface area contributed by atoms with Gasteiger partial charge in [0, 0.05) is 51.0 Å². The van der Waals surface area contributed by atoms with Crippen LogP contribution in [0.3, 0.4) is 0 Å². The van der Waals surface area contributed by atoms with Crippen LogP contribution >= 0.6 is 0 Å². The number of unbranched alkanes of at least 4 members (excludes halogenated alkanes) is 9. The maximum Gasteiger partial charge on any atom is 0.253 e. The second kappa shape index (κ2) is 29.1. The summed E-state index contributed by atoms with van der Waals surface area (Å²) in [6.45, 7) is 15.6. The number of nitrogens with two attached hydrogens (primary N) is 1. The molecule has 13 heteroatoms. The normalized spacial score (nSPS) is 13.4. The maximum absolute atomic E-state index is 12.3. The molecular formula is C40H73N5O8. The molecule has 0 fully saturated rings. The highest BCUT2D eigenvalue weighted by Gasteiger charge is 2.25. The van der Waals surface area contributed by atoms with Gasteiger partial charge in [0.2, 0.25) is 23.6 Å². The number of imide groups is 1. The molecule has 0 aromatic carbocycles. The predicted octanol–water partition coefficient (Wildman–Crippen LogP) is 5.38. The van der Waals surface area contributed by atoms with Gasteiger partial charge in [0.1, 0.15) is 6.04 Å². The molecular weight excluding hydrogens is 678 g/mol. The molecule has 1 aliphatic rings. The molecule has 0 radical (unpaired) electrons. The third-order valence-electron chi connectivity index (χ3n) is 8.96. The van der Waals surface area contributed by atoms with E-state index in [-0.39, 0.29) is 43.7 Å². The number of nitrogens with one attached hydrogen (secondary N) is 3. The Hall–Kier alpha value is -3.32. The summed E-state index contributed by atoms with van der Waals surface area (Å²) in [6, 6.07) is -0.700. The first-order valence-electron chi connectivity index (χ1n) is 20.1. The lowest BCUT2D eigenvalue weighted by Gasteiger charge is -2.30. The molecule has 13 nitrogen and oxygen atoms in total. The summed E-state index contributed by atoms with van der Waals surface area (Å²) in [7, 11) is 0. The highest BCUT2D eigenvalue weighted by molar-refractivity contribution is 6.13. The van der Waals surface area contributed by atoms with E-state index < -0.39 is 35.0 Å². The van der Waals surface area contributed by atoms with Gasteiger partial charge in [-0.2, -0.15) is 0 Å². The quantitative estimate of drug-likeness (QED) is 0.0537. The third-order valence-corrected chi connectivity index (χ3v) is 8.96. The zero-order valence-corrected chi connectivity index (χ0v) is 34.1. The highest BCUT2D eigenvalue weighted by Crippen LogP contribution is 2.20. The van der Waals surface area contributed by atoms with Crippen LogP contribution in [0, 0.1) is 0 Å². The van der Waals surface area contributed by atoms with E-state index in [1.807, 2.05) is 41.5 Å². The number of ether oxygens (including phenoxy) is 2. The average Bonchev–Trinajstić information content (AvgIpc) is 3.42. The van der Waals surface area contributed by atoms with Crippen molar-refractivity contribution in [1.82, 2.24) is 20.9 Å². The molecule has 0 bridgehead atoms. The molecule has 1 aliphatic heterocycles. The van der Waals surface area contributed by atoms with Gasteiger partial charge < -0.3 is 31.2 Å². The fourth-order valence-electron chi connectivity index (χ4n) is 5.53. The molecule has 0 aliphatic carbocycles. The molecule has 5 N–H and O–H groups in total. The Kier molecular flexibility index (Phi) is 27.3. The van der Waals surface area contributed by atoms with Crippen LogP contribution in [0.2, 0.25) is 0 Å². The molecule has 306 valence electrons. The van der Waals surface area contributed by atoms with Gasteiger partial charge in [0.15, 0.2) is 0 Å². The monoisotopic (exact) mass is 752 g/mol. The van der Waals surface area contributed by atoms with E-state index in [9.17, 15) is 28.8 Å². The van der Waals surface area contributed by atoms with Crippen molar-refractivity contribution in [1.29, 1.82) is 0 Å². The van der Waals surface area contributed by atoms with Gasteiger partial charge in [-0.25, -0.2) is 0 Å². The maximum atomic E-state index is 12.3. The number of amides is 6. The van der Waals surface area contributed by atoms with Crippen LogP contribution in [0.4, 0.5) is 0 Å². The number of primary amides is 1. The molecule has 6 amide bonds. The molecule has 0 aromatic rings. The number of rotatable bonds is 31. The average molecular weight is 752 g/mol. The zero-order valence-electron chi connectivity index (χ0n) is 34.1. The van der Waals surface area contributed by atoms with Crippen LogP contribution in [-0.2, 0) is 38.2 Å². The van der Waals surface area contributed by atoms with Crippen molar-refractivity contribution in [2.24, 2.45) is 5.73 Å². The summed E-state index contributed by atoms with van der Waals surface area (Å²) in [5, 5.41) is 8.45. The van der Waals surface area contributed by atoms with Gasteiger partial charge in [0.25, 0.3) is 11.8 Å². The molecule has 0 aromatic heterocycles. The van der Waals surface area contributed by atoms with E-state index in [1.165, 1.54) is 50.7 Å². The fourth-order valence-corrected chi connectivity index (χ4v) is 5.53. The van der Waals surface area contributed by atoms with Crippen molar-refractivity contribution in [3.05, 3.63) is 12.2 Å². The second-order valence-corrected chi connectivity index (χ2v) is 14.7. The molecule has 1 unspecified atom stereocenters. The van der Waals surface area contributed by atoms with Crippen LogP contribution in [0.25, 0.3) is 0 Å². The number of carbonyl (C=O) groups is 6. The summed E-state index contributed by atoms with van der Waals surface area (Å²) in [6.07, 6.45) is 16.5. The van der Waals surface area contributed by atoms with Crippen LogP contribution < -0.4 is 21.7 Å². The van der Waals surface area contributed by atoms with Gasteiger partial charge in [-0.3, -0.25) is 33.7 Å². The Balaban J connectivity index is 0.0000133. The largest absolute Gasteiger partial charge is 0.375 e. The van der Waals surface area contributed by atoms with Crippen molar-refractivity contribution < 1.29 is 38.2 Å². The summed E-state index contributed by atoms with van der Waals surface area (Å²) < 4.78 is 12.0. The first-order chi connectivity index (χ1) is 25.2. The summed E-state index contributed by atoms with van der Waals surface area (Å²) in [5.74, 6) is -1.85.